The summed E-state index contributed by atoms with van der Waals surface area (Å²) < 4.78 is 5.82. The molecule has 0 bridgehead atoms. The molecule has 152 valence electrons. The molecule has 1 aromatic carbocycles. The summed E-state index contributed by atoms with van der Waals surface area (Å²) in [6.07, 6.45) is 3.50. The first-order chi connectivity index (χ1) is 13.7. The van der Waals surface area contributed by atoms with Gasteiger partial charge in [0.05, 0.1) is 16.9 Å². The Morgan fingerprint density at radius 3 is 2.79 bits per heavy atom. The van der Waals surface area contributed by atoms with Crippen LogP contribution < -0.4 is 4.90 Å². The lowest BCUT2D eigenvalue weighted by Crippen LogP contribution is -2.57. The molecule has 4 aliphatic rings. The van der Waals surface area contributed by atoms with Crippen LogP contribution in [0.25, 0.3) is 0 Å². The third-order valence-corrected chi connectivity index (χ3v) is 7.76. The van der Waals surface area contributed by atoms with E-state index in [1.807, 2.05) is 11.8 Å². The Morgan fingerprint density at radius 1 is 1.31 bits per heavy atom. The molecule has 0 unspecified atom stereocenters. The van der Waals surface area contributed by atoms with E-state index in [1.54, 1.807) is 25.1 Å². The zero-order valence-electron chi connectivity index (χ0n) is 16.2. The fourth-order valence-electron chi connectivity index (χ4n) is 5.85. The fraction of sp³-hybridized carbons (Fsp3) is 0.524. The van der Waals surface area contributed by atoms with E-state index in [0.29, 0.717) is 25.1 Å². The van der Waals surface area contributed by atoms with Crippen LogP contribution in [0.1, 0.15) is 26.7 Å². The molecule has 2 aliphatic carbocycles. The van der Waals surface area contributed by atoms with Crippen LogP contribution in [-0.2, 0) is 14.3 Å². The average molecular weight is 398 g/mol. The van der Waals surface area contributed by atoms with Crippen molar-refractivity contribution in [1.82, 2.24) is 0 Å². The van der Waals surface area contributed by atoms with Crippen molar-refractivity contribution in [2.45, 2.75) is 43.9 Å². The SMILES string of the molecule is C[C@H]1CC[C@@H]2[C@@H](OC(=O)[C@]23CN3c2cccc([N+](=O)[O-])c2)[C@]2(C)C(=O)C=C[C@@]12O. The monoisotopic (exact) mass is 398 g/mol. The van der Waals surface area contributed by atoms with Crippen LogP contribution in [0, 0.1) is 27.4 Å². The highest BCUT2D eigenvalue weighted by Gasteiger charge is 2.77. The van der Waals surface area contributed by atoms with Crippen molar-refractivity contribution in [2.75, 3.05) is 11.4 Å². The summed E-state index contributed by atoms with van der Waals surface area (Å²) in [6, 6.07) is 6.20. The van der Waals surface area contributed by atoms with Crippen molar-refractivity contribution < 1.29 is 24.4 Å². The summed E-state index contributed by atoms with van der Waals surface area (Å²) in [6.45, 7) is 4.00. The molecule has 0 radical (unpaired) electrons. The zero-order valence-corrected chi connectivity index (χ0v) is 16.2. The Balaban J connectivity index is 1.56. The molecule has 0 aromatic heterocycles. The van der Waals surface area contributed by atoms with Crippen LogP contribution in [0.4, 0.5) is 11.4 Å². The van der Waals surface area contributed by atoms with Gasteiger partial charge < -0.3 is 14.7 Å². The first-order valence-electron chi connectivity index (χ1n) is 9.85. The molecule has 1 N–H and O–H groups in total. The molecule has 2 aliphatic heterocycles. The Kier molecular flexibility index (Phi) is 3.43. The van der Waals surface area contributed by atoms with Gasteiger partial charge in [0.15, 0.2) is 11.3 Å². The number of carbonyl (C=O) groups is 2. The van der Waals surface area contributed by atoms with E-state index in [0.717, 1.165) is 0 Å². The molecule has 29 heavy (non-hydrogen) atoms. The van der Waals surface area contributed by atoms with Crippen LogP contribution >= 0.6 is 0 Å². The average Bonchev–Trinajstić information content (AvgIpc) is 3.34. The Labute approximate surface area is 167 Å². The van der Waals surface area contributed by atoms with E-state index in [9.17, 15) is 24.8 Å². The van der Waals surface area contributed by atoms with Crippen LogP contribution in [0.5, 0.6) is 0 Å². The number of nitrogens with zero attached hydrogens (tertiary/aromatic N) is 2. The number of ketones is 1. The third kappa shape index (κ3) is 2.02. The molecule has 3 fully saturated rings. The van der Waals surface area contributed by atoms with Crippen LogP contribution in [0.15, 0.2) is 36.4 Å². The number of hydrogen-bond donors (Lipinski definition) is 1. The lowest BCUT2D eigenvalue weighted by atomic mass is 9.64. The lowest BCUT2D eigenvalue weighted by molar-refractivity contribution is -0.384. The Morgan fingerprint density at radius 2 is 2.07 bits per heavy atom. The predicted molar refractivity (Wildman–Crippen MR) is 102 cm³/mol. The number of rotatable bonds is 2. The van der Waals surface area contributed by atoms with Crippen LogP contribution in [0.3, 0.4) is 0 Å². The number of carbonyl (C=O) groups excluding carboxylic acids is 2. The van der Waals surface area contributed by atoms with Gasteiger partial charge in [-0.15, -0.1) is 0 Å². The molecule has 8 nitrogen and oxygen atoms in total. The van der Waals surface area contributed by atoms with E-state index >= 15 is 0 Å². The van der Waals surface area contributed by atoms with E-state index < -0.39 is 33.6 Å². The van der Waals surface area contributed by atoms with Crippen molar-refractivity contribution in [1.29, 1.82) is 0 Å². The number of non-ortho nitro benzene ring substituents is 1. The Bertz CT molecular complexity index is 991. The minimum atomic E-state index is -1.36. The molecular formula is C21H22N2O6. The maximum absolute atomic E-state index is 13.1. The lowest BCUT2D eigenvalue weighted by Gasteiger charge is -2.43. The van der Waals surface area contributed by atoms with E-state index in [4.69, 9.17) is 4.74 Å². The predicted octanol–water partition coefficient (Wildman–Crippen LogP) is 2.00. The minimum absolute atomic E-state index is 0.0431. The molecular weight excluding hydrogens is 376 g/mol. The number of nitro groups is 1. The van der Waals surface area contributed by atoms with E-state index in [1.165, 1.54) is 18.2 Å². The highest BCUT2D eigenvalue weighted by molar-refractivity contribution is 6.02. The Hall–Kier alpha value is -2.74. The van der Waals surface area contributed by atoms with Crippen LogP contribution in [-0.4, -0.2) is 45.6 Å². The number of anilines is 1. The van der Waals surface area contributed by atoms with E-state index in [-0.39, 0.29) is 23.3 Å². The largest absolute Gasteiger partial charge is 0.459 e. The van der Waals surface area contributed by atoms with E-state index in [2.05, 4.69) is 0 Å². The number of allylic oxidation sites excluding steroid dienone is 1. The minimum Gasteiger partial charge on any atom is -0.459 e. The number of esters is 1. The molecule has 1 saturated carbocycles. The molecule has 2 saturated heterocycles. The van der Waals surface area contributed by atoms with Crippen molar-refractivity contribution in [3.63, 3.8) is 0 Å². The van der Waals surface area contributed by atoms with Crippen LogP contribution in [0.2, 0.25) is 0 Å². The van der Waals surface area contributed by atoms with Gasteiger partial charge in [-0.3, -0.25) is 14.9 Å². The van der Waals surface area contributed by atoms with Crippen molar-refractivity contribution in [3.8, 4) is 0 Å². The van der Waals surface area contributed by atoms with Crippen molar-refractivity contribution >= 4 is 23.1 Å². The molecule has 0 amide bonds. The summed E-state index contributed by atoms with van der Waals surface area (Å²) in [7, 11) is 0. The summed E-state index contributed by atoms with van der Waals surface area (Å²) in [5.41, 5.74) is -2.98. The second-order valence-corrected chi connectivity index (χ2v) is 8.92. The normalized spacial score (nSPS) is 42.4. The highest BCUT2D eigenvalue weighted by Crippen LogP contribution is 2.62. The molecule has 2 heterocycles. The van der Waals surface area contributed by atoms with Crippen molar-refractivity contribution in [3.05, 3.63) is 46.5 Å². The molecule has 1 spiro atoms. The first kappa shape index (κ1) is 18.3. The van der Waals surface area contributed by atoms with Gasteiger partial charge in [-0.25, -0.2) is 4.79 Å². The van der Waals surface area contributed by atoms with Crippen molar-refractivity contribution in [2.24, 2.45) is 17.3 Å². The highest BCUT2D eigenvalue weighted by atomic mass is 16.6. The maximum atomic E-state index is 13.1. The maximum Gasteiger partial charge on any atom is 0.334 e. The summed E-state index contributed by atoms with van der Waals surface area (Å²) >= 11 is 0. The van der Waals surface area contributed by atoms with Gasteiger partial charge in [0.1, 0.15) is 11.7 Å². The molecule has 1 aromatic rings. The molecule has 5 rings (SSSR count). The summed E-state index contributed by atoms with van der Waals surface area (Å²) in [5, 5.41) is 22.6. The first-order valence-corrected chi connectivity index (χ1v) is 9.85. The topological polar surface area (TPSA) is 110 Å². The number of nitro benzene ring substituents is 1. The van der Waals surface area contributed by atoms with Gasteiger partial charge in [0.2, 0.25) is 0 Å². The number of hydrogen-bond acceptors (Lipinski definition) is 7. The molecule has 6 atom stereocenters. The van der Waals surface area contributed by atoms with Gasteiger partial charge in [0.25, 0.3) is 5.69 Å². The number of fused-ring (bicyclic) bond motifs is 4. The second-order valence-electron chi connectivity index (χ2n) is 8.92. The van der Waals surface area contributed by atoms with Gasteiger partial charge in [-0.1, -0.05) is 13.0 Å². The number of benzene rings is 1. The second kappa shape index (κ2) is 5.44. The fourth-order valence-corrected chi connectivity index (χ4v) is 5.85. The van der Waals surface area contributed by atoms with Gasteiger partial charge in [-0.05, 0) is 43.9 Å². The third-order valence-electron chi connectivity index (χ3n) is 7.76. The summed E-state index contributed by atoms with van der Waals surface area (Å²) in [5.74, 6) is -1.09. The summed E-state index contributed by atoms with van der Waals surface area (Å²) in [4.78, 5) is 38.4. The quantitative estimate of drug-likeness (QED) is 0.351. The number of ether oxygens (including phenoxy) is 1. The smallest absolute Gasteiger partial charge is 0.334 e. The zero-order chi connectivity index (χ0) is 20.8. The standard InChI is InChI=1S/C21H22N2O6/c1-12-6-7-15-17(19(2)16(24)8-9-21(12,19)26)29-18(25)20(15)11-22(20)13-4-3-5-14(10-13)23(27)28/h3-5,8-10,12,15,17,26H,6-7,11H2,1-2H3/t12-,15+,17+,19-,20-,21+,22?/m0/s1. The number of aliphatic hydroxyl groups is 1. The molecule has 8 heteroatoms. The van der Waals surface area contributed by atoms with Gasteiger partial charge >= 0.3 is 5.97 Å². The van der Waals surface area contributed by atoms with Gasteiger partial charge in [0, 0.05) is 23.7 Å². The van der Waals surface area contributed by atoms with Gasteiger partial charge in [-0.2, -0.15) is 0 Å².